The summed E-state index contributed by atoms with van der Waals surface area (Å²) < 4.78 is 13.1. The molecule has 2 rings (SSSR count). The highest BCUT2D eigenvalue weighted by Crippen LogP contribution is 2.16. The largest absolute Gasteiger partial charge is 0.341 e. The molecule has 3 nitrogen and oxygen atoms in total. The second-order valence-corrected chi connectivity index (χ2v) is 5.79. The summed E-state index contributed by atoms with van der Waals surface area (Å²) in [6.45, 7) is 3.92. The molecule has 110 valence electrons. The number of rotatable bonds is 5. The SMILES string of the molecule is CC(CC(=O)N(C)C1CCNC1)Cc1cccc(F)c1. The van der Waals surface area contributed by atoms with Gasteiger partial charge in [0.15, 0.2) is 0 Å². The summed E-state index contributed by atoms with van der Waals surface area (Å²) in [7, 11) is 1.88. The first kappa shape index (κ1) is 15.0. The molecule has 0 bridgehead atoms. The number of amides is 1. The average molecular weight is 278 g/mol. The monoisotopic (exact) mass is 278 g/mol. The molecule has 0 radical (unpaired) electrons. The van der Waals surface area contributed by atoms with Crippen molar-refractivity contribution >= 4 is 5.91 Å². The lowest BCUT2D eigenvalue weighted by molar-refractivity contribution is -0.132. The van der Waals surface area contributed by atoms with Crippen LogP contribution in [0.2, 0.25) is 0 Å². The van der Waals surface area contributed by atoms with E-state index in [4.69, 9.17) is 0 Å². The number of benzene rings is 1. The lowest BCUT2D eigenvalue weighted by Crippen LogP contribution is -2.39. The Bertz CT molecular complexity index is 458. The molecule has 2 unspecified atom stereocenters. The van der Waals surface area contributed by atoms with Crippen molar-refractivity contribution in [3.05, 3.63) is 35.6 Å². The Labute approximate surface area is 120 Å². The van der Waals surface area contributed by atoms with Crippen LogP contribution < -0.4 is 5.32 Å². The summed E-state index contributed by atoms with van der Waals surface area (Å²) in [5, 5.41) is 3.27. The second-order valence-electron chi connectivity index (χ2n) is 5.79. The van der Waals surface area contributed by atoms with Gasteiger partial charge in [-0.05, 0) is 43.0 Å². The molecule has 4 heteroatoms. The van der Waals surface area contributed by atoms with Crippen molar-refractivity contribution in [2.24, 2.45) is 5.92 Å². The number of carbonyl (C=O) groups is 1. The molecule has 20 heavy (non-hydrogen) atoms. The molecule has 2 atom stereocenters. The summed E-state index contributed by atoms with van der Waals surface area (Å²) in [6, 6.07) is 6.94. The van der Waals surface area contributed by atoms with Crippen molar-refractivity contribution in [3.8, 4) is 0 Å². The molecule has 1 N–H and O–H groups in total. The van der Waals surface area contributed by atoms with E-state index in [1.165, 1.54) is 6.07 Å². The van der Waals surface area contributed by atoms with Gasteiger partial charge in [-0.1, -0.05) is 19.1 Å². The van der Waals surface area contributed by atoms with Gasteiger partial charge in [0, 0.05) is 26.1 Å². The average Bonchev–Trinajstić information content (AvgIpc) is 2.91. The van der Waals surface area contributed by atoms with Crippen molar-refractivity contribution in [1.82, 2.24) is 10.2 Å². The molecule has 0 aliphatic carbocycles. The van der Waals surface area contributed by atoms with E-state index >= 15 is 0 Å². The zero-order chi connectivity index (χ0) is 14.5. The summed E-state index contributed by atoms with van der Waals surface area (Å²) >= 11 is 0. The number of hydrogen-bond donors (Lipinski definition) is 1. The summed E-state index contributed by atoms with van der Waals surface area (Å²) in [5.74, 6) is 0.193. The highest BCUT2D eigenvalue weighted by atomic mass is 19.1. The van der Waals surface area contributed by atoms with Gasteiger partial charge in [0.2, 0.25) is 5.91 Å². The maximum atomic E-state index is 13.1. The summed E-state index contributed by atoms with van der Waals surface area (Å²) in [6.07, 6.45) is 2.28. The van der Waals surface area contributed by atoms with Crippen LogP contribution in [-0.2, 0) is 11.2 Å². The molecule has 1 aromatic carbocycles. The van der Waals surface area contributed by atoms with Gasteiger partial charge < -0.3 is 10.2 Å². The van der Waals surface area contributed by atoms with Crippen LogP contribution in [0, 0.1) is 11.7 Å². The minimum absolute atomic E-state index is 0.183. The van der Waals surface area contributed by atoms with Crippen LogP contribution in [0.1, 0.15) is 25.3 Å². The molecular weight excluding hydrogens is 255 g/mol. The van der Waals surface area contributed by atoms with Crippen LogP contribution >= 0.6 is 0 Å². The number of likely N-dealkylation sites (N-methyl/N-ethyl adjacent to an activating group) is 1. The van der Waals surface area contributed by atoms with Gasteiger partial charge >= 0.3 is 0 Å². The van der Waals surface area contributed by atoms with E-state index in [9.17, 15) is 9.18 Å². The highest BCUT2D eigenvalue weighted by Gasteiger charge is 2.24. The van der Waals surface area contributed by atoms with Crippen molar-refractivity contribution in [3.63, 3.8) is 0 Å². The van der Waals surface area contributed by atoms with Gasteiger partial charge in [-0.2, -0.15) is 0 Å². The molecular formula is C16H23FN2O. The van der Waals surface area contributed by atoms with Crippen LogP contribution in [0.3, 0.4) is 0 Å². The third-order valence-corrected chi connectivity index (χ3v) is 3.97. The van der Waals surface area contributed by atoms with E-state index in [0.29, 0.717) is 12.5 Å². The molecule has 1 fully saturated rings. The summed E-state index contributed by atoms with van der Waals surface area (Å²) in [4.78, 5) is 14.1. The molecule has 1 aromatic rings. The number of hydrogen-bond acceptors (Lipinski definition) is 2. The van der Waals surface area contributed by atoms with Crippen LogP contribution in [0.4, 0.5) is 4.39 Å². The third kappa shape index (κ3) is 4.04. The zero-order valence-corrected chi connectivity index (χ0v) is 12.2. The van der Waals surface area contributed by atoms with Gasteiger partial charge in [0.05, 0.1) is 0 Å². The summed E-state index contributed by atoms with van der Waals surface area (Å²) in [5.41, 5.74) is 0.954. The van der Waals surface area contributed by atoms with Crippen LogP contribution in [0.15, 0.2) is 24.3 Å². The van der Waals surface area contributed by atoms with Gasteiger partial charge in [-0.15, -0.1) is 0 Å². The van der Waals surface area contributed by atoms with Gasteiger partial charge in [-0.3, -0.25) is 4.79 Å². The Kier molecular flexibility index (Phi) is 5.12. The van der Waals surface area contributed by atoms with Crippen molar-refractivity contribution in [2.45, 2.75) is 32.2 Å². The fourth-order valence-electron chi connectivity index (χ4n) is 2.75. The van der Waals surface area contributed by atoms with Crippen molar-refractivity contribution in [1.29, 1.82) is 0 Å². The Hall–Kier alpha value is -1.42. The molecule has 0 spiro atoms. The predicted molar refractivity (Wildman–Crippen MR) is 77.9 cm³/mol. The number of nitrogens with zero attached hydrogens (tertiary/aromatic N) is 1. The molecule has 1 aliphatic rings. The maximum absolute atomic E-state index is 13.1. The van der Waals surface area contributed by atoms with Crippen molar-refractivity contribution < 1.29 is 9.18 Å². The predicted octanol–water partition coefficient (Wildman–Crippen LogP) is 2.21. The quantitative estimate of drug-likeness (QED) is 0.895. The number of nitrogens with one attached hydrogen (secondary N) is 1. The number of halogens is 1. The van der Waals surface area contributed by atoms with E-state index in [0.717, 1.165) is 31.5 Å². The van der Waals surface area contributed by atoms with E-state index in [-0.39, 0.29) is 17.6 Å². The lowest BCUT2D eigenvalue weighted by Gasteiger charge is -2.25. The Morgan fingerprint density at radius 2 is 2.35 bits per heavy atom. The minimum atomic E-state index is -0.213. The second kappa shape index (κ2) is 6.84. The van der Waals surface area contributed by atoms with E-state index in [1.54, 1.807) is 12.1 Å². The third-order valence-electron chi connectivity index (χ3n) is 3.97. The fourth-order valence-corrected chi connectivity index (χ4v) is 2.75. The zero-order valence-electron chi connectivity index (χ0n) is 12.2. The highest BCUT2D eigenvalue weighted by molar-refractivity contribution is 5.76. The maximum Gasteiger partial charge on any atom is 0.222 e. The first-order chi connectivity index (χ1) is 9.56. The lowest BCUT2D eigenvalue weighted by atomic mass is 9.97. The van der Waals surface area contributed by atoms with Gasteiger partial charge in [-0.25, -0.2) is 4.39 Å². The van der Waals surface area contributed by atoms with Gasteiger partial charge in [0.25, 0.3) is 0 Å². The van der Waals surface area contributed by atoms with Crippen molar-refractivity contribution in [2.75, 3.05) is 20.1 Å². The molecule has 0 saturated carbocycles. The van der Waals surface area contributed by atoms with Gasteiger partial charge in [0.1, 0.15) is 5.82 Å². The minimum Gasteiger partial charge on any atom is -0.341 e. The Morgan fingerprint density at radius 3 is 3.00 bits per heavy atom. The standard InChI is InChI=1S/C16H23FN2O/c1-12(8-13-4-3-5-14(17)10-13)9-16(20)19(2)15-6-7-18-11-15/h3-5,10,12,15,18H,6-9,11H2,1-2H3. The molecule has 1 saturated heterocycles. The Morgan fingerprint density at radius 1 is 1.55 bits per heavy atom. The fraction of sp³-hybridized carbons (Fsp3) is 0.562. The molecule has 0 aromatic heterocycles. The van der Waals surface area contributed by atoms with Crippen LogP contribution in [0.5, 0.6) is 0 Å². The smallest absolute Gasteiger partial charge is 0.222 e. The van der Waals surface area contributed by atoms with Crippen LogP contribution in [0.25, 0.3) is 0 Å². The topological polar surface area (TPSA) is 32.3 Å². The van der Waals surface area contributed by atoms with E-state index in [2.05, 4.69) is 5.32 Å². The normalized spacial score (nSPS) is 19.9. The molecule has 1 heterocycles. The van der Waals surface area contributed by atoms with E-state index < -0.39 is 0 Å². The first-order valence-corrected chi connectivity index (χ1v) is 7.27. The Balaban J connectivity index is 1.84. The molecule has 1 aliphatic heterocycles. The van der Waals surface area contributed by atoms with E-state index in [1.807, 2.05) is 24.9 Å². The molecule has 1 amide bonds. The van der Waals surface area contributed by atoms with Crippen LogP contribution in [-0.4, -0.2) is 37.0 Å². The first-order valence-electron chi connectivity index (χ1n) is 7.27. The number of carbonyl (C=O) groups excluding carboxylic acids is 1.